The van der Waals surface area contributed by atoms with Crippen LogP contribution in [-0.4, -0.2) is 42.1 Å². The van der Waals surface area contributed by atoms with Crippen LogP contribution in [0.2, 0.25) is 0 Å². The van der Waals surface area contributed by atoms with Crippen LogP contribution in [0.15, 0.2) is 48.8 Å². The van der Waals surface area contributed by atoms with E-state index in [1.807, 2.05) is 41.3 Å². The minimum Gasteiger partial charge on any atom is -0.497 e. The zero-order valence-electron chi connectivity index (χ0n) is 14.6. The molecule has 1 aliphatic heterocycles. The molecule has 1 amide bonds. The minimum absolute atomic E-state index is 0.0566. The number of aromatic nitrogens is 1. The van der Waals surface area contributed by atoms with E-state index in [2.05, 4.69) is 4.98 Å². The normalized spacial score (nSPS) is 17.2. The molecule has 25 heavy (non-hydrogen) atoms. The van der Waals surface area contributed by atoms with Gasteiger partial charge in [-0.2, -0.15) is 0 Å². The van der Waals surface area contributed by atoms with Crippen molar-refractivity contribution in [3.63, 3.8) is 0 Å². The average molecular weight is 340 g/mol. The number of nitrogens with zero attached hydrogens (tertiary/aromatic N) is 2. The summed E-state index contributed by atoms with van der Waals surface area (Å²) in [6.07, 6.45) is 6.71. The summed E-state index contributed by atoms with van der Waals surface area (Å²) in [5.41, 5.74) is 1.15. The molecule has 1 aromatic heterocycles. The third-order valence-corrected chi connectivity index (χ3v) is 4.47. The Labute approximate surface area is 148 Å². The third kappa shape index (κ3) is 4.95. The first-order chi connectivity index (χ1) is 12.2. The van der Waals surface area contributed by atoms with E-state index in [4.69, 9.17) is 9.47 Å². The molecule has 1 atom stereocenters. The van der Waals surface area contributed by atoms with Crippen LogP contribution in [0.3, 0.4) is 0 Å². The van der Waals surface area contributed by atoms with Crippen LogP contribution < -0.4 is 9.47 Å². The Morgan fingerprint density at radius 1 is 1.16 bits per heavy atom. The van der Waals surface area contributed by atoms with Gasteiger partial charge in [0, 0.05) is 25.4 Å². The lowest BCUT2D eigenvalue weighted by Crippen LogP contribution is -2.44. The number of hydrogen-bond acceptors (Lipinski definition) is 4. The maximum absolute atomic E-state index is 12.5. The Balaban J connectivity index is 1.49. The van der Waals surface area contributed by atoms with Crippen molar-refractivity contribution >= 4 is 5.91 Å². The standard InChI is InChI=1S/C20H24N2O3/c1-24-17-7-4-16(5-8-17)6-9-20(23)22-14-2-3-19(15-22)25-18-10-12-21-13-11-18/h4-5,7-8,10-13,19H,2-3,6,9,14-15H2,1H3. The van der Waals surface area contributed by atoms with Gasteiger partial charge in [0.1, 0.15) is 17.6 Å². The molecule has 2 aromatic rings. The molecule has 1 saturated heterocycles. The van der Waals surface area contributed by atoms with E-state index in [1.54, 1.807) is 19.5 Å². The van der Waals surface area contributed by atoms with E-state index in [9.17, 15) is 4.79 Å². The molecule has 0 radical (unpaired) electrons. The smallest absolute Gasteiger partial charge is 0.223 e. The Bertz CT molecular complexity index is 673. The molecular weight excluding hydrogens is 316 g/mol. The lowest BCUT2D eigenvalue weighted by Gasteiger charge is -2.33. The molecule has 132 valence electrons. The SMILES string of the molecule is COc1ccc(CCC(=O)N2CCCC(Oc3ccncc3)C2)cc1. The van der Waals surface area contributed by atoms with Crippen molar-refractivity contribution < 1.29 is 14.3 Å². The predicted molar refractivity (Wildman–Crippen MR) is 95.8 cm³/mol. The fourth-order valence-corrected chi connectivity index (χ4v) is 3.07. The van der Waals surface area contributed by atoms with Crippen LogP contribution in [0.5, 0.6) is 11.5 Å². The largest absolute Gasteiger partial charge is 0.497 e. The van der Waals surface area contributed by atoms with Gasteiger partial charge in [-0.15, -0.1) is 0 Å². The summed E-state index contributed by atoms with van der Waals surface area (Å²) in [6.45, 7) is 1.47. The molecule has 0 N–H and O–H groups in total. The van der Waals surface area contributed by atoms with Crippen LogP contribution >= 0.6 is 0 Å². The fourth-order valence-electron chi connectivity index (χ4n) is 3.07. The van der Waals surface area contributed by atoms with Crippen LogP contribution in [-0.2, 0) is 11.2 Å². The number of carbonyl (C=O) groups is 1. The Morgan fingerprint density at radius 2 is 1.92 bits per heavy atom. The number of likely N-dealkylation sites (tertiary alicyclic amines) is 1. The van der Waals surface area contributed by atoms with Crippen molar-refractivity contribution in [3.8, 4) is 11.5 Å². The van der Waals surface area contributed by atoms with Gasteiger partial charge in [0.25, 0.3) is 0 Å². The number of ether oxygens (including phenoxy) is 2. The van der Waals surface area contributed by atoms with E-state index in [-0.39, 0.29) is 12.0 Å². The van der Waals surface area contributed by atoms with Gasteiger partial charge in [-0.3, -0.25) is 9.78 Å². The first kappa shape index (κ1) is 17.3. The first-order valence-corrected chi connectivity index (χ1v) is 8.72. The number of amides is 1. The zero-order chi connectivity index (χ0) is 17.5. The Kier molecular flexibility index (Phi) is 5.88. The monoisotopic (exact) mass is 340 g/mol. The van der Waals surface area contributed by atoms with E-state index in [0.717, 1.165) is 42.9 Å². The Morgan fingerprint density at radius 3 is 2.64 bits per heavy atom. The topological polar surface area (TPSA) is 51.7 Å². The summed E-state index contributed by atoms with van der Waals surface area (Å²) in [5, 5.41) is 0. The van der Waals surface area contributed by atoms with Gasteiger partial charge < -0.3 is 14.4 Å². The highest BCUT2D eigenvalue weighted by molar-refractivity contribution is 5.76. The highest BCUT2D eigenvalue weighted by Crippen LogP contribution is 2.19. The lowest BCUT2D eigenvalue weighted by molar-refractivity contribution is -0.133. The van der Waals surface area contributed by atoms with Crippen molar-refractivity contribution in [3.05, 3.63) is 54.4 Å². The molecule has 1 unspecified atom stereocenters. The number of piperidine rings is 1. The van der Waals surface area contributed by atoms with Gasteiger partial charge in [0.15, 0.2) is 0 Å². The van der Waals surface area contributed by atoms with Gasteiger partial charge in [-0.25, -0.2) is 0 Å². The van der Waals surface area contributed by atoms with Gasteiger partial charge in [-0.05, 0) is 49.1 Å². The fraction of sp³-hybridized carbons (Fsp3) is 0.400. The van der Waals surface area contributed by atoms with E-state index >= 15 is 0 Å². The number of hydrogen-bond donors (Lipinski definition) is 0. The van der Waals surface area contributed by atoms with Crippen molar-refractivity contribution in [2.75, 3.05) is 20.2 Å². The third-order valence-electron chi connectivity index (χ3n) is 4.47. The first-order valence-electron chi connectivity index (χ1n) is 8.72. The number of carbonyl (C=O) groups excluding carboxylic acids is 1. The average Bonchev–Trinajstić information content (AvgIpc) is 2.67. The quantitative estimate of drug-likeness (QED) is 0.811. The number of rotatable bonds is 6. The molecule has 3 rings (SSSR count). The highest BCUT2D eigenvalue weighted by atomic mass is 16.5. The van der Waals surface area contributed by atoms with Gasteiger partial charge in [-0.1, -0.05) is 12.1 Å². The molecule has 2 heterocycles. The molecular formula is C20H24N2O3. The van der Waals surface area contributed by atoms with Crippen LogP contribution in [0, 0.1) is 0 Å². The highest BCUT2D eigenvalue weighted by Gasteiger charge is 2.24. The molecule has 1 aromatic carbocycles. The maximum Gasteiger partial charge on any atom is 0.223 e. The van der Waals surface area contributed by atoms with Crippen molar-refractivity contribution in [2.24, 2.45) is 0 Å². The lowest BCUT2D eigenvalue weighted by atomic mass is 10.1. The minimum atomic E-state index is 0.0566. The van der Waals surface area contributed by atoms with Crippen molar-refractivity contribution in [1.29, 1.82) is 0 Å². The zero-order valence-corrected chi connectivity index (χ0v) is 14.6. The summed E-state index contributed by atoms with van der Waals surface area (Å²) in [5.74, 6) is 1.84. The second kappa shape index (κ2) is 8.51. The summed E-state index contributed by atoms with van der Waals surface area (Å²) in [6, 6.07) is 11.6. The molecule has 5 heteroatoms. The van der Waals surface area contributed by atoms with Crippen molar-refractivity contribution in [1.82, 2.24) is 9.88 Å². The second-order valence-electron chi connectivity index (χ2n) is 6.25. The van der Waals surface area contributed by atoms with E-state index < -0.39 is 0 Å². The number of aryl methyl sites for hydroxylation is 1. The molecule has 0 bridgehead atoms. The van der Waals surface area contributed by atoms with Gasteiger partial charge in [0.05, 0.1) is 13.7 Å². The molecule has 0 spiro atoms. The van der Waals surface area contributed by atoms with Crippen LogP contribution in [0.25, 0.3) is 0 Å². The number of pyridine rings is 1. The Hall–Kier alpha value is -2.56. The van der Waals surface area contributed by atoms with Crippen LogP contribution in [0.1, 0.15) is 24.8 Å². The molecule has 5 nitrogen and oxygen atoms in total. The molecule has 0 saturated carbocycles. The summed E-state index contributed by atoms with van der Waals surface area (Å²) in [7, 11) is 1.65. The van der Waals surface area contributed by atoms with Crippen molar-refractivity contribution in [2.45, 2.75) is 31.8 Å². The number of benzene rings is 1. The predicted octanol–water partition coefficient (Wildman–Crippen LogP) is 3.09. The summed E-state index contributed by atoms with van der Waals surface area (Å²) >= 11 is 0. The molecule has 0 aliphatic carbocycles. The van der Waals surface area contributed by atoms with Crippen LogP contribution in [0.4, 0.5) is 0 Å². The second-order valence-corrected chi connectivity index (χ2v) is 6.25. The number of methoxy groups -OCH3 is 1. The molecule has 1 fully saturated rings. The van der Waals surface area contributed by atoms with Gasteiger partial charge >= 0.3 is 0 Å². The van der Waals surface area contributed by atoms with Gasteiger partial charge in [0.2, 0.25) is 5.91 Å². The maximum atomic E-state index is 12.5. The summed E-state index contributed by atoms with van der Waals surface area (Å²) in [4.78, 5) is 18.5. The van der Waals surface area contributed by atoms with E-state index in [1.165, 1.54) is 0 Å². The van der Waals surface area contributed by atoms with E-state index in [0.29, 0.717) is 13.0 Å². The molecule has 1 aliphatic rings. The summed E-state index contributed by atoms with van der Waals surface area (Å²) < 4.78 is 11.1.